The van der Waals surface area contributed by atoms with Gasteiger partial charge in [-0.05, 0) is 6.42 Å². The summed E-state index contributed by atoms with van der Waals surface area (Å²) in [4.78, 5) is 11.1. The number of ketones is 1. The Hall–Kier alpha value is -1.36. The van der Waals surface area contributed by atoms with Gasteiger partial charge in [0.1, 0.15) is 6.10 Å². The molecule has 2 atom stereocenters. The number of methoxy groups -OCH3 is 1. The molecule has 0 bridgehead atoms. The minimum atomic E-state index is -0.408. The monoisotopic (exact) mass is 224 g/mol. The Morgan fingerprint density at radius 1 is 1.62 bits per heavy atom. The molecule has 1 fully saturated rings. The zero-order chi connectivity index (χ0) is 11.5. The Morgan fingerprint density at radius 3 is 3.06 bits per heavy atom. The van der Waals surface area contributed by atoms with Crippen LogP contribution in [0.15, 0.2) is 12.4 Å². The summed E-state index contributed by atoms with van der Waals surface area (Å²) in [5.41, 5.74) is 0. The summed E-state index contributed by atoms with van der Waals surface area (Å²) in [7, 11) is 1.53. The highest BCUT2D eigenvalue weighted by Crippen LogP contribution is 2.24. The summed E-state index contributed by atoms with van der Waals surface area (Å²) < 4.78 is 12.5. The van der Waals surface area contributed by atoms with E-state index in [0.29, 0.717) is 12.2 Å². The quantitative estimate of drug-likeness (QED) is 0.749. The first-order valence-electron chi connectivity index (χ1n) is 5.49. The lowest BCUT2D eigenvalue weighted by molar-refractivity contribution is -0.150. The zero-order valence-electron chi connectivity index (χ0n) is 9.55. The molecule has 0 amide bonds. The smallest absolute Gasteiger partial charge is 0.169 e. The van der Waals surface area contributed by atoms with E-state index in [1.165, 1.54) is 7.11 Å². The number of carbonyl (C=O) groups excluding carboxylic acids is 1. The molecule has 0 saturated heterocycles. The number of carbonyl (C=O) groups is 1. The number of aryl methyl sites for hydroxylation is 1. The number of aromatic nitrogens is 2. The Morgan fingerprint density at radius 2 is 2.44 bits per heavy atom. The van der Waals surface area contributed by atoms with Crippen molar-refractivity contribution in [1.82, 2.24) is 9.78 Å². The predicted molar refractivity (Wildman–Crippen MR) is 57.4 cm³/mol. The van der Waals surface area contributed by atoms with Crippen LogP contribution in [-0.4, -0.2) is 34.9 Å². The molecule has 88 valence electrons. The van der Waals surface area contributed by atoms with Gasteiger partial charge in [0.25, 0.3) is 0 Å². The summed E-state index contributed by atoms with van der Waals surface area (Å²) in [5, 5.41) is 4.15. The number of hydrogen-bond acceptors (Lipinski definition) is 4. The fourth-order valence-corrected chi connectivity index (χ4v) is 1.79. The average Bonchev–Trinajstić information content (AvgIpc) is 2.66. The number of nitrogens with zero attached hydrogens (tertiary/aromatic N) is 2. The van der Waals surface area contributed by atoms with Gasteiger partial charge in [0.15, 0.2) is 17.6 Å². The molecule has 1 heterocycles. The van der Waals surface area contributed by atoms with E-state index in [0.717, 1.165) is 13.0 Å². The maximum atomic E-state index is 11.1. The van der Waals surface area contributed by atoms with Crippen LogP contribution < -0.4 is 4.74 Å². The third-order valence-electron chi connectivity index (χ3n) is 2.66. The second kappa shape index (κ2) is 4.65. The minimum absolute atomic E-state index is 0.105. The first-order valence-corrected chi connectivity index (χ1v) is 5.49. The molecule has 0 N–H and O–H groups in total. The molecule has 0 aromatic carbocycles. The fraction of sp³-hybridized carbons (Fsp3) is 0.636. The van der Waals surface area contributed by atoms with Gasteiger partial charge in [-0.2, -0.15) is 5.10 Å². The molecule has 2 rings (SSSR count). The molecule has 16 heavy (non-hydrogen) atoms. The summed E-state index contributed by atoms with van der Waals surface area (Å²) in [6.45, 7) is 2.97. The van der Waals surface area contributed by atoms with E-state index in [-0.39, 0.29) is 11.9 Å². The molecule has 1 aliphatic rings. The van der Waals surface area contributed by atoms with Crippen molar-refractivity contribution in [3.63, 3.8) is 0 Å². The van der Waals surface area contributed by atoms with Crippen LogP contribution >= 0.6 is 0 Å². The van der Waals surface area contributed by atoms with E-state index in [1.54, 1.807) is 6.20 Å². The molecule has 0 spiro atoms. The van der Waals surface area contributed by atoms with Crippen LogP contribution in [0.5, 0.6) is 5.75 Å². The van der Waals surface area contributed by atoms with Crippen molar-refractivity contribution in [3.8, 4) is 5.75 Å². The van der Waals surface area contributed by atoms with E-state index in [1.807, 2.05) is 10.9 Å². The third kappa shape index (κ3) is 2.09. The first kappa shape index (κ1) is 11.1. The van der Waals surface area contributed by atoms with Gasteiger partial charge in [-0.25, -0.2) is 0 Å². The Labute approximate surface area is 94.3 Å². The van der Waals surface area contributed by atoms with Crippen LogP contribution in [0, 0.1) is 0 Å². The second-order valence-corrected chi connectivity index (χ2v) is 3.92. The molecule has 5 nitrogen and oxygen atoms in total. The number of ether oxygens (including phenoxy) is 2. The van der Waals surface area contributed by atoms with Crippen LogP contribution in [0.4, 0.5) is 0 Å². The van der Waals surface area contributed by atoms with Gasteiger partial charge in [-0.1, -0.05) is 6.92 Å². The normalized spacial score (nSPS) is 24.2. The standard InChI is InChI=1S/C11H16N2O3/c1-3-4-13-7-8(6-12-13)16-10-5-9(14)11(10)15-2/h6-7,10-11H,3-5H2,1-2H3. The van der Waals surface area contributed by atoms with Gasteiger partial charge in [0.2, 0.25) is 0 Å². The van der Waals surface area contributed by atoms with Crippen molar-refractivity contribution in [2.45, 2.75) is 38.5 Å². The Kier molecular flexibility index (Phi) is 3.24. The maximum Gasteiger partial charge on any atom is 0.169 e. The van der Waals surface area contributed by atoms with Gasteiger partial charge in [0.05, 0.1) is 12.4 Å². The molecule has 1 aromatic rings. The summed E-state index contributed by atoms with van der Waals surface area (Å²) in [6.07, 6.45) is 4.41. The molecule has 5 heteroatoms. The fourth-order valence-electron chi connectivity index (χ4n) is 1.79. The van der Waals surface area contributed by atoms with Crippen molar-refractivity contribution in [2.75, 3.05) is 7.11 Å². The summed E-state index contributed by atoms with van der Waals surface area (Å²) >= 11 is 0. The van der Waals surface area contributed by atoms with Gasteiger partial charge < -0.3 is 9.47 Å². The van der Waals surface area contributed by atoms with Crippen molar-refractivity contribution < 1.29 is 14.3 Å². The Balaban J connectivity index is 1.91. The highest BCUT2D eigenvalue weighted by molar-refractivity contribution is 5.90. The Bertz CT molecular complexity index is 375. The van der Waals surface area contributed by atoms with Crippen molar-refractivity contribution >= 4 is 5.78 Å². The lowest BCUT2D eigenvalue weighted by Crippen LogP contribution is -2.51. The van der Waals surface area contributed by atoms with Crippen LogP contribution in [0.1, 0.15) is 19.8 Å². The second-order valence-electron chi connectivity index (χ2n) is 3.92. The molecule has 1 aliphatic carbocycles. The topological polar surface area (TPSA) is 53.4 Å². The highest BCUT2D eigenvalue weighted by atomic mass is 16.5. The minimum Gasteiger partial charge on any atom is -0.483 e. The van der Waals surface area contributed by atoms with E-state index in [2.05, 4.69) is 12.0 Å². The van der Waals surface area contributed by atoms with Crippen LogP contribution in [0.3, 0.4) is 0 Å². The van der Waals surface area contributed by atoms with Gasteiger partial charge >= 0.3 is 0 Å². The molecule has 0 aliphatic heterocycles. The molecule has 1 saturated carbocycles. The predicted octanol–water partition coefficient (Wildman–Crippen LogP) is 1.03. The molecular formula is C11H16N2O3. The average molecular weight is 224 g/mol. The lowest BCUT2D eigenvalue weighted by atomic mass is 9.90. The zero-order valence-corrected chi connectivity index (χ0v) is 9.55. The van der Waals surface area contributed by atoms with E-state index < -0.39 is 6.10 Å². The number of Topliss-reactive ketones (excluding diaryl/α,β-unsaturated/α-hetero) is 1. The van der Waals surface area contributed by atoms with Crippen LogP contribution in [0.2, 0.25) is 0 Å². The largest absolute Gasteiger partial charge is 0.483 e. The van der Waals surface area contributed by atoms with Crippen LogP contribution in [-0.2, 0) is 16.1 Å². The van der Waals surface area contributed by atoms with Crippen molar-refractivity contribution in [2.24, 2.45) is 0 Å². The SMILES string of the molecule is CCCn1cc(OC2CC(=O)C2OC)cn1. The molecule has 1 aromatic heterocycles. The number of hydrogen-bond donors (Lipinski definition) is 0. The van der Waals surface area contributed by atoms with Gasteiger partial charge in [-0.15, -0.1) is 0 Å². The lowest BCUT2D eigenvalue weighted by Gasteiger charge is -2.33. The van der Waals surface area contributed by atoms with E-state index >= 15 is 0 Å². The van der Waals surface area contributed by atoms with E-state index in [4.69, 9.17) is 9.47 Å². The molecule has 2 unspecified atom stereocenters. The van der Waals surface area contributed by atoms with Gasteiger partial charge in [-0.3, -0.25) is 9.48 Å². The number of rotatable bonds is 5. The van der Waals surface area contributed by atoms with E-state index in [9.17, 15) is 4.79 Å². The molecule has 0 radical (unpaired) electrons. The summed E-state index contributed by atoms with van der Waals surface area (Å²) in [5.74, 6) is 0.807. The third-order valence-corrected chi connectivity index (χ3v) is 2.66. The molecular weight excluding hydrogens is 208 g/mol. The summed E-state index contributed by atoms with van der Waals surface area (Å²) in [6, 6.07) is 0. The van der Waals surface area contributed by atoms with Gasteiger partial charge in [0, 0.05) is 20.1 Å². The first-order chi connectivity index (χ1) is 7.74. The maximum absolute atomic E-state index is 11.1. The van der Waals surface area contributed by atoms with Crippen LogP contribution in [0.25, 0.3) is 0 Å². The van der Waals surface area contributed by atoms with Crippen molar-refractivity contribution in [3.05, 3.63) is 12.4 Å². The van der Waals surface area contributed by atoms with Crippen molar-refractivity contribution in [1.29, 1.82) is 0 Å². The highest BCUT2D eigenvalue weighted by Gasteiger charge is 2.42.